The number of amides is 1. The molecular weight excluding hydrogens is 336 g/mol. The highest BCUT2D eigenvalue weighted by molar-refractivity contribution is 7.16. The van der Waals surface area contributed by atoms with E-state index in [1.807, 2.05) is 19.0 Å². The topological polar surface area (TPSA) is 67.2 Å². The first-order chi connectivity index (χ1) is 12.1. The molecule has 0 aromatic carbocycles. The number of rotatable bonds is 3. The van der Waals surface area contributed by atoms with Gasteiger partial charge in [-0.2, -0.15) is 5.10 Å². The van der Waals surface area contributed by atoms with E-state index in [2.05, 4.69) is 31.4 Å². The predicted molar refractivity (Wildman–Crippen MR) is 98.0 cm³/mol. The fourth-order valence-corrected chi connectivity index (χ4v) is 4.10. The zero-order valence-electron chi connectivity index (χ0n) is 14.3. The third-order valence-corrected chi connectivity index (χ3v) is 5.63. The van der Waals surface area contributed by atoms with Gasteiger partial charge in [-0.25, -0.2) is 9.97 Å². The average Bonchev–Trinajstić information content (AvgIpc) is 3.29. The molecule has 1 fully saturated rings. The van der Waals surface area contributed by atoms with Crippen LogP contribution in [-0.4, -0.2) is 56.7 Å². The molecule has 7 nitrogen and oxygen atoms in total. The molecule has 25 heavy (non-hydrogen) atoms. The average molecular weight is 356 g/mol. The molecule has 3 aromatic rings. The van der Waals surface area contributed by atoms with Crippen molar-refractivity contribution in [1.82, 2.24) is 24.6 Å². The fourth-order valence-electron chi connectivity index (χ4n) is 3.37. The van der Waals surface area contributed by atoms with Crippen LogP contribution in [0.15, 0.2) is 30.0 Å². The monoisotopic (exact) mass is 356 g/mol. The van der Waals surface area contributed by atoms with Gasteiger partial charge in [-0.1, -0.05) is 0 Å². The maximum absolute atomic E-state index is 12.6. The quantitative estimate of drug-likeness (QED) is 0.719. The van der Waals surface area contributed by atoms with Crippen LogP contribution in [0.1, 0.15) is 23.3 Å². The molecule has 0 atom stereocenters. The Morgan fingerprint density at radius 2 is 2.08 bits per heavy atom. The summed E-state index contributed by atoms with van der Waals surface area (Å²) in [5.41, 5.74) is 0.503. The van der Waals surface area contributed by atoms with Crippen molar-refractivity contribution in [2.45, 2.75) is 18.9 Å². The van der Waals surface area contributed by atoms with Crippen LogP contribution in [0.5, 0.6) is 0 Å². The normalized spacial score (nSPS) is 15.7. The SMILES string of the molecule is CN(C(=O)c1ccn(C)n1)C1CCN(c2ncnc3sccc23)CC1. The lowest BCUT2D eigenvalue weighted by Crippen LogP contribution is -2.46. The summed E-state index contributed by atoms with van der Waals surface area (Å²) in [4.78, 5) is 26.5. The zero-order chi connectivity index (χ0) is 17.4. The summed E-state index contributed by atoms with van der Waals surface area (Å²) in [5, 5.41) is 7.38. The van der Waals surface area contributed by atoms with E-state index in [0.717, 1.165) is 42.0 Å². The first kappa shape index (κ1) is 16.0. The van der Waals surface area contributed by atoms with Crippen molar-refractivity contribution in [3.8, 4) is 0 Å². The summed E-state index contributed by atoms with van der Waals surface area (Å²) in [6.07, 6.45) is 5.28. The van der Waals surface area contributed by atoms with Crippen LogP contribution >= 0.6 is 11.3 Å². The standard InChI is InChI=1S/C17H20N6OS/c1-21-7-5-14(20-21)17(24)22(2)12-3-8-23(9-4-12)15-13-6-10-25-16(13)19-11-18-15/h5-7,10-12H,3-4,8-9H2,1-2H3. The van der Waals surface area contributed by atoms with Crippen molar-refractivity contribution in [3.63, 3.8) is 0 Å². The van der Waals surface area contributed by atoms with E-state index in [1.54, 1.807) is 34.6 Å². The second-order valence-corrected chi connectivity index (χ2v) is 7.24. The molecule has 1 aliphatic rings. The number of fused-ring (bicyclic) bond motifs is 1. The second-order valence-electron chi connectivity index (χ2n) is 6.35. The number of aromatic nitrogens is 4. The Hall–Kier alpha value is -2.48. The molecule has 1 amide bonds. The van der Waals surface area contributed by atoms with Crippen LogP contribution in [0.2, 0.25) is 0 Å². The number of hydrogen-bond acceptors (Lipinski definition) is 6. The van der Waals surface area contributed by atoms with Gasteiger partial charge in [0.05, 0.1) is 5.39 Å². The number of piperidine rings is 1. The molecule has 0 bridgehead atoms. The number of anilines is 1. The van der Waals surface area contributed by atoms with E-state index in [9.17, 15) is 4.79 Å². The molecule has 0 unspecified atom stereocenters. The Bertz CT molecular complexity index is 895. The molecule has 0 aliphatic carbocycles. The van der Waals surface area contributed by atoms with Gasteiger partial charge in [-0.15, -0.1) is 11.3 Å². The van der Waals surface area contributed by atoms with Crippen molar-refractivity contribution in [1.29, 1.82) is 0 Å². The lowest BCUT2D eigenvalue weighted by molar-refractivity contribution is 0.0702. The lowest BCUT2D eigenvalue weighted by Gasteiger charge is -2.37. The van der Waals surface area contributed by atoms with E-state index < -0.39 is 0 Å². The molecule has 0 saturated carbocycles. The van der Waals surface area contributed by atoms with Gasteiger partial charge in [0.2, 0.25) is 0 Å². The summed E-state index contributed by atoms with van der Waals surface area (Å²) >= 11 is 1.63. The van der Waals surface area contributed by atoms with E-state index in [-0.39, 0.29) is 11.9 Å². The van der Waals surface area contributed by atoms with E-state index in [1.165, 1.54) is 0 Å². The summed E-state index contributed by atoms with van der Waals surface area (Å²) in [7, 11) is 3.70. The van der Waals surface area contributed by atoms with E-state index in [4.69, 9.17) is 0 Å². The molecule has 1 aliphatic heterocycles. The van der Waals surface area contributed by atoms with Gasteiger partial charge in [0, 0.05) is 39.4 Å². The number of thiophene rings is 1. The molecule has 8 heteroatoms. The maximum atomic E-state index is 12.6. The lowest BCUT2D eigenvalue weighted by atomic mass is 10.0. The Balaban J connectivity index is 1.44. The fraction of sp³-hybridized carbons (Fsp3) is 0.412. The van der Waals surface area contributed by atoms with Gasteiger partial charge in [0.1, 0.15) is 22.7 Å². The smallest absolute Gasteiger partial charge is 0.274 e. The van der Waals surface area contributed by atoms with Crippen LogP contribution in [0.3, 0.4) is 0 Å². The Kier molecular flexibility index (Phi) is 4.12. The van der Waals surface area contributed by atoms with Crippen LogP contribution in [0.25, 0.3) is 10.2 Å². The first-order valence-corrected chi connectivity index (χ1v) is 9.21. The van der Waals surface area contributed by atoms with Gasteiger partial charge < -0.3 is 9.80 Å². The van der Waals surface area contributed by atoms with Crippen molar-refractivity contribution in [2.24, 2.45) is 7.05 Å². The zero-order valence-corrected chi connectivity index (χ0v) is 15.1. The number of carbonyl (C=O) groups excluding carboxylic acids is 1. The van der Waals surface area contributed by atoms with Crippen LogP contribution in [0.4, 0.5) is 5.82 Å². The van der Waals surface area contributed by atoms with Crippen LogP contribution in [-0.2, 0) is 7.05 Å². The minimum Gasteiger partial charge on any atom is -0.356 e. The van der Waals surface area contributed by atoms with Gasteiger partial charge in [0.25, 0.3) is 5.91 Å². The highest BCUT2D eigenvalue weighted by Gasteiger charge is 2.28. The Morgan fingerprint density at radius 3 is 2.80 bits per heavy atom. The van der Waals surface area contributed by atoms with E-state index >= 15 is 0 Å². The van der Waals surface area contributed by atoms with Crippen molar-refractivity contribution in [3.05, 3.63) is 35.7 Å². The highest BCUT2D eigenvalue weighted by Crippen LogP contribution is 2.29. The Morgan fingerprint density at radius 1 is 1.28 bits per heavy atom. The molecule has 0 radical (unpaired) electrons. The number of aryl methyl sites for hydroxylation is 1. The van der Waals surface area contributed by atoms with Gasteiger partial charge in [0.15, 0.2) is 0 Å². The first-order valence-electron chi connectivity index (χ1n) is 8.33. The molecule has 0 spiro atoms. The largest absolute Gasteiger partial charge is 0.356 e. The second kappa shape index (κ2) is 6.44. The number of nitrogens with zero attached hydrogens (tertiary/aromatic N) is 6. The molecule has 0 N–H and O–H groups in total. The summed E-state index contributed by atoms with van der Waals surface area (Å²) in [5.74, 6) is 0.990. The van der Waals surface area contributed by atoms with Gasteiger partial charge in [-0.05, 0) is 30.4 Å². The third-order valence-electron chi connectivity index (χ3n) is 4.81. The van der Waals surface area contributed by atoms with Gasteiger partial charge >= 0.3 is 0 Å². The summed E-state index contributed by atoms with van der Waals surface area (Å²) < 4.78 is 1.66. The van der Waals surface area contributed by atoms with Crippen molar-refractivity contribution < 1.29 is 4.79 Å². The number of hydrogen-bond donors (Lipinski definition) is 0. The van der Waals surface area contributed by atoms with Crippen molar-refractivity contribution >= 4 is 33.3 Å². The molecule has 1 saturated heterocycles. The van der Waals surface area contributed by atoms with Gasteiger partial charge in [-0.3, -0.25) is 9.48 Å². The third kappa shape index (κ3) is 2.97. The highest BCUT2D eigenvalue weighted by atomic mass is 32.1. The molecule has 130 valence electrons. The number of carbonyl (C=O) groups is 1. The van der Waals surface area contributed by atoms with Crippen LogP contribution < -0.4 is 4.90 Å². The minimum atomic E-state index is -0.0127. The molecule has 4 heterocycles. The van der Waals surface area contributed by atoms with Crippen molar-refractivity contribution in [2.75, 3.05) is 25.0 Å². The van der Waals surface area contributed by atoms with Crippen LogP contribution in [0, 0.1) is 0 Å². The Labute approximate surface area is 149 Å². The van der Waals surface area contributed by atoms with E-state index in [0.29, 0.717) is 5.69 Å². The minimum absolute atomic E-state index is 0.0127. The molecular formula is C17H20N6OS. The maximum Gasteiger partial charge on any atom is 0.274 e. The molecule has 3 aromatic heterocycles. The molecule has 4 rings (SSSR count). The predicted octanol–water partition coefficient (Wildman–Crippen LogP) is 2.17. The summed E-state index contributed by atoms with van der Waals surface area (Å²) in [6.45, 7) is 1.76. The summed E-state index contributed by atoms with van der Waals surface area (Å²) in [6, 6.07) is 4.07.